The van der Waals surface area contributed by atoms with Crippen molar-refractivity contribution >= 4 is 0 Å². The van der Waals surface area contributed by atoms with Crippen LogP contribution in [0.1, 0.15) is 37.4 Å². The molecule has 96 valence electrons. The van der Waals surface area contributed by atoms with Crippen molar-refractivity contribution < 1.29 is 9.47 Å². The van der Waals surface area contributed by atoms with Gasteiger partial charge in [0.25, 0.3) is 0 Å². The van der Waals surface area contributed by atoms with Crippen molar-refractivity contribution in [3.8, 4) is 5.75 Å². The second-order valence-corrected chi connectivity index (χ2v) is 4.23. The monoisotopic (exact) mass is 237 g/mol. The van der Waals surface area contributed by atoms with Gasteiger partial charge in [-0.1, -0.05) is 17.7 Å². The van der Waals surface area contributed by atoms with E-state index in [1.165, 1.54) is 5.56 Å². The highest BCUT2D eigenvalue weighted by Gasteiger charge is 2.08. The Morgan fingerprint density at radius 2 is 2.06 bits per heavy atom. The van der Waals surface area contributed by atoms with Crippen molar-refractivity contribution in [3.05, 3.63) is 29.3 Å². The molecule has 1 aromatic carbocycles. The molecule has 0 saturated heterocycles. The minimum Gasteiger partial charge on any atom is -0.493 e. The predicted octanol–water partition coefficient (Wildman–Crippen LogP) is 2.82. The third-order valence-electron chi connectivity index (χ3n) is 2.55. The van der Waals surface area contributed by atoms with E-state index in [0.29, 0.717) is 6.61 Å². The molecule has 3 nitrogen and oxygen atoms in total. The molecule has 17 heavy (non-hydrogen) atoms. The van der Waals surface area contributed by atoms with Gasteiger partial charge in [-0.25, -0.2) is 0 Å². The Balaban J connectivity index is 2.52. The Labute approximate surface area is 104 Å². The molecular formula is C14H23NO2. The zero-order valence-electron chi connectivity index (χ0n) is 11.0. The van der Waals surface area contributed by atoms with Crippen molar-refractivity contribution in [1.29, 1.82) is 0 Å². The lowest BCUT2D eigenvalue weighted by Crippen LogP contribution is -2.10. The van der Waals surface area contributed by atoms with Crippen molar-refractivity contribution in [2.45, 2.75) is 33.2 Å². The number of nitrogens with two attached hydrogens (primary N) is 1. The van der Waals surface area contributed by atoms with Crippen LogP contribution >= 0.6 is 0 Å². The molecule has 0 bridgehead atoms. The molecule has 0 unspecified atom stereocenters. The SMILES string of the molecule is CCOCCCOc1ccc(C)cc1[C@@H](C)N. The fourth-order valence-electron chi connectivity index (χ4n) is 1.64. The summed E-state index contributed by atoms with van der Waals surface area (Å²) in [6, 6.07) is 6.12. The Hall–Kier alpha value is -1.06. The number of aryl methyl sites for hydroxylation is 1. The van der Waals surface area contributed by atoms with Gasteiger partial charge in [0.2, 0.25) is 0 Å². The van der Waals surface area contributed by atoms with Crippen LogP contribution < -0.4 is 10.5 Å². The normalized spacial score (nSPS) is 12.5. The maximum absolute atomic E-state index is 5.93. The maximum Gasteiger partial charge on any atom is 0.124 e. The summed E-state index contributed by atoms with van der Waals surface area (Å²) in [6.45, 7) is 8.20. The van der Waals surface area contributed by atoms with Gasteiger partial charge >= 0.3 is 0 Å². The third-order valence-corrected chi connectivity index (χ3v) is 2.55. The summed E-state index contributed by atoms with van der Waals surface area (Å²) in [4.78, 5) is 0. The molecule has 0 aliphatic rings. The minimum absolute atomic E-state index is 0.00297. The van der Waals surface area contributed by atoms with Crippen LogP contribution in [0.3, 0.4) is 0 Å². The summed E-state index contributed by atoms with van der Waals surface area (Å²) in [5, 5.41) is 0. The quantitative estimate of drug-likeness (QED) is 0.742. The molecule has 3 heteroatoms. The van der Waals surface area contributed by atoms with E-state index in [0.717, 1.165) is 30.9 Å². The molecule has 0 amide bonds. The largest absolute Gasteiger partial charge is 0.493 e. The third kappa shape index (κ3) is 4.75. The summed E-state index contributed by atoms with van der Waals surface area (Å²) >= 11 is 0. The number of benzene rings is 1. The van der Waals surface area contributed by atoms with Crippen molar-refractivity contribution in [2.75, 3.05) is 19.8 Å². The molecular weight excluding hydrogens is 214 g/mol. The van der Waals surface area contributed by atoms with Gasteiger partial charge in [0, 0.05) is 31.2 Å². The van der Waals surface area contributed by atoms with Gasteiger partial charge in [0.05, 0.1) is 6.61 Å². The van der Waals surface area contributed by atoms with E-state index in [4.69, 9.17) is 15.2 Å². The van der Waals surface area contributed by atoms with Crippen LogP contribution in [0.2, 0.25) is 0 Å². The van der Waals surface area contributed by atoms with E-state index in [1.807, 2.05) is 26.0 Å². The number of rotatable bonds is 7. The Morgan fingerprint density at radius 1 is 1.29 bits per heavy atom. The van der Waals surface area contributed by atoms with Gasteiger partial charge in [-0.15, -0.1) is 0 Å². The lowest BCUT2D eigenvalue weighted by molar-refractivity contribution is 0.130. The van der Waals surface area contributed by atoms with Gasteiger partial charge in [-0.05, 0) is 26.8 Å². The highest BCUT2D eigenvalue weighted by molar-refractivity contribution is 5.38. The number of hydrogen-bond donors (Lipinski definition) is 1. The molecule has 2 N–H and O–H groups in total. The first-order chi connectivity index (χ1) is 8.15. The van der Waals surface area contributed by atoms with E-state index < -0.39 is 0 Å². The van der Waals surface area contributed by atoms with Crippen molar-refractivity contribution in [1.82, 2.24) is 0 Å². The van der Waals surface area contributed by atoms with Crippen LogP contribution in [0.25, 0.3) is 0 Å². The number of ether oxygens (including phenoxy) is 2. The first-order valence-electron chi connectivity index (χ1n) is 6.21. The lowest BCUT2D eigenvalue weighted by Gasteiger charge is -2.14. The molecule has 1 aromatic rings. The van der Waals surface area contributed by atoms with E-state index in [1.54, 1.807) is 0 Å². The van der Waals surface area contributed by atoms with Gasteiger partial charge < -0.3 is 15.2 Å². The van der Waals surface area contributed by atoms with Crippen LogP contribution in [-0.2, 0) is 4.74 Å². The zero-order chi connectivity index (χ0) is 12.7. The summed E-state index contributed by atoms with van der Waals surface area (Å²) < 4.78 is 11.0. The standard InChI is InChI=1S/C14H23NO2/c1-4-16-8-5-9-17-14-7-6-11(2)10-13(14)12(3)15/h6-7,10,12H,4-5,8-9,15H2,1-3H3/t12-/m1/s1. The first-order valence-corrected chi connectivity index (χ1v) is 6.21. The minimum atomic E-state index is -0.00297. The molecule has 0 aliphatic heterocycles. The van der Waals surface area contributed by atoms with Gasteiger partial charge in [-0.3, -0.25) is 0 Å². The average molecular weight is 237 g/mol. The summed E-state index contributed by atoms with van der Waals surface area (Å²) in [5.74, 6) is 0.891. The van der Waals surface area contributed by atoms with Crippen LogP contribution in [0.5, 0.6) is 5.75 Å². The second kappa shape index (κ2) is 7.30. The molecule has 0 spiro atoms. The highest BCUT2D eigenvalue weighted by Crippen LogP contribution is 2.25. The van der Waals surface area contributed by atoms with E-state index in [-0.39, 0.29) is 6.04 Å². The zero-order valence-corrected chi connectivity index (χ0v) is 11.0. The molecule has 0 saturated carbocycles. The smallest absolute Gasteiger partial charge is 0.124 e. The second-order valence-electron chi connectivity index (χ2n) is 4.23. The topological polar surface area (TPSA) is 44.5 Å². The van der Waals surface area contributed by atoms with Crippen LogP contribution in [0.15, 0.2) is 18.2 Å². The molecule has 0 radical (unpaired) electrons. The Kier molecular flexibility index (Phi) is 6.01. The highest BCUT2D eigenvalue weighted by atomic mass is 16.5. The summed E-state index contributed by atoms with van der Waals surface area (Å²) in [6.07, 6.45) is 0.903. The van der Waals surface area contributed by atoms with Crippen LogP contribution in [0, 0.1) is 6.92 Å². The molecule has 1 atom stereocenters. The van der Waals surface area contributed by atoms with Crippen LogP contribution in [-0.4, -0.2) is 19.8 Å². The van der Waals surface area contributed by atoms with Gasteiger partial charge in [-0.2, -0.15) is 0 Å². The fraction of sp³-hybridized carbons (Fsp3) is 0.571. The van der Waals surface area contributed by atoms with E-state index in [9.17, 15) is 0 Å². The predicted molar refractivity (Wildman–Crippen MR) is 70.4 cm³/mol. The molecule has 0 fully saturated rings. The first kappa shape index (κ1) is 14.0. The van der Waals surface area contributed by atoms with Gasteiger partial charge in [0.1, 0.15) is 5.75 Å². The molecule has 0 aliphatic carbocycles. The Bertz CT molecular complexity index is 337. The average Bonchev–Trinajstić information content (AvgIpc) is 2.30. The molecule has 1 rings (SSSR count). The van der Waals surface area contributed by atoms with Crippen LogP contribution in [0.4, 0.5) is 0 Å². The Morgan fingerprint density at radius 3 is 2.71 bits per heavy atom. The fourth-order valence-corrected chi connectivity index (χ4v) is 1.64. The summed E-state index contributed by atoms with van der Waals surface area (Å²) in [7, 11) is 0. The van der Waals surface area contributed by atoms with Crippen molar-refractivity contribution in [3.63, 3.8) is 0 Å². The maximum atomic E-state index is 5.93. The van der Waals surface area contributed by atoms with E-state index >= 15 is 0 Å². The molecule has 0 heterocycles. The molecule has 0 aromatic heterocycles. The van der Waals surface area contributed by atoms with Gasteiger partial charge in [0.15, 0.2) is 0 Å². The number of hydrogen-bond acceptors (Lipinski definition) is 3. The van der Waals surface area contributed by atoms with Crippen molar-refractivity contribution in [2.24, 2.45) is 5.73 Å². The lowest BCUT2D eigenvalue weighted by atomic mass is 10.1. The summed E-state index contributed by atoms with van der Waals surface area (Å²) in [5.41, 5.74) is 8.21. The van der Waals surface area contributed by atoms with E-state index in [2.05, 4.69) is 13.0 Å².